The summed E-state index contributed by atoms with van der Waals surface area (Å²) in [5.41, 5.74) is 0.857. The Hall–Kier alpha value is -2.28. The molecule has 0 aliphatic heterocycles. The molecule has 0 radical (unpaired) electrons. The molecule has 1 aromatic carbocycles. The third-order valence-corrected chi connectivity index (χ3v) is 4.67. The van der Waals surface area contributed by atoms with Crippen LogP contribution in [0.1, 0.15) is 26.0 Å². The second-order valence-corrected chi connectivity index (χ2v) is 7.28. The molecule has 1 heterocycles. The van der Waals surface area contributed by atoms with Crippen LogP contribution in [0.4, 0.5) is 0 Å². The van der Waals surface area contributed by atoms with Crippen LogP contribution in [-0.2, 0) is 15.3 Å². The number of benzene rings is 1. The quantitative estimate of drug-likeness (QED) is 0.712. The number of hydrogen-bond acceptors (Lipinski definition) is 5. The maximum Gasteiger partial charge on any atom is 0.309 e. The molecule has 0 bridgehead atoms. The highest BCUT2D eigenvalue weighted by molar-refractivity contribution is 7.99. The van der Waals surface area contributed by atoms with Crippen molar-refractivity contribution < 1.29 is 19.1 Å². The van der Waals surface area contributed by atoms with E-state index in [1.807, 2.05) is 30.3 Å². The maximum absolute atomic E-state index is 11.8. The molecule has 0 saturated carbocycles. The number of hydrogen-bond donors (Lipinski definition) is 2. The molecule has 0 aliphatic carbocycles. The average molecular weight is 362 g/mol. The van der Waals surface area contributed by atoms with Crippen LogP contribution >= 0.6 is 11.8 Å². The molecule has 0 saturated heterocycles. The monoisotopic (exact) mass is 362 g/mol. The van der Waals surface area contributed by atoms with E-state index in [-0.39, 0.29) is 5.91 Å². The summed E-state index contributed by atoms with van der Waals surface area (Å²) in [6.07, 6.45) is 1.99. The van der Waals surface area contributed by atoms with Crippen molar-refractivity contribution in [1.82, 2.24) is 10.3 Å². The van der Waals surface area contributed by atoms with Gasteiger partial charge < -0.3 is 14.8 Å². The molecule has 0 atom stereocenters. The molecule has 0 aliphatic rings. The molecule has 1 aromatic heterocycles. The Kier molecular flexibility index (Phi) is 6.64. The first-order valence-corrected chi connectivity index (χ1v) is 9.11. The summed E-state index contributed by atoms with van der Waals surface area (Å²) in [4.78, 5) is 27.2. The highest BCUT2D eigenvalue weighted by Gasteiger charge is 2.26. The van der Waals surface area contributed by atoms with Crippen LogP contribution in [0.25, 0.3) is 11.5 Å². The molecule has 25 heavy (non-hydrogen) atoms. The van der Waals surface area contributed by atoms with Crippen LogP contribution in [0.15, 0.2) is 41.0 Å². The molecule has 134 valence electrons. The lowest BCUT2D eigenvalue weighted by Crippen LogP contribution is -2.32. The number of aromatic nitrogens is 1. The Balaban J connectivity index is 1.70. The van der Waals surface area contributed by atoms with Crippen LogP contribution in [-0.4, -0.2) is 34.3 Å². The van der Waals surface area contributed by atoms with Crippen LogP contribution in [0, 0.1) is 5.41 Å². The number of oxazole rings is 1. The summed E-state index contributed by atoms with van der Waals surface area (Å²) in [5, 5.41) is 11.8. The van der Waals surface area contributed by atoms with Gasteiger partial charge >= 0.3 is 5.97 Å². The second-order valence-electron chi connectivity index (χ2n) is 6.29. The predicted molar refractivity (Wildman–Crippen MR) is 97.1 cm³/mol. The van der Waals surface area contributed by atoms with Crippen molar-refractivity contribution in [3.8, 4) is 11.5 Å². The Morgan fingerprint density at radius 3 is 2.68 bits per heavy atom. The number of rotatable bonds is 9. The molecule has 7 heteroatoms. The SMILES string of the molecule is CC(C)(CCNC(=O)CSCc1coc(-c2ccccc2)n1)C(=O)O. The van der Waals surface area contributed by atoms with E-state index < -0.39 is 11.4 Å². The average Bonchev–Trinajstić information content (AvgIpc) is 3.04. The fraction of sp³-hybridized carbons (Fsp3) is 0.389. The standard InChI is InChI=1S/C18H22N2O4S/c1-18(2,17(22)23)8-9-19-15(21)12-25-11-14-10-24-16(20-14)13-6-4-3-5-7-13/h3-7,10H,8-9,11-12H2,1-2H3,(H,19,21)(H,22,23). The van der Waals surface area contributed by atoms with Gasteiger partial charge in [-0.25, -0.2) is 4.98 Å². The topological polar surface area (TPSA) is 92.4 Å². The molecular weight excluding hydrogens is 340 g/mol. The van der Waals surface area contributed by atoms with Crippen molar-refractivity contribution in [1.29, 1.82) is 0 Å². The van der Waals surface area contributed by atoms with E-state index in [1.165, 1.54) is 11.8 Å². The van der Waals surface area contributed by atoms with Gasteiger partial charge in [-0.15, -0.1) is 11.8 Å². The number of nitrogens with zero attached hydrogens (tertiary/aromatic N) is 1. The van der Waals surface area contributed by atoms with Gasteiger partial charge in [-0.1, -0.05) is 18.2 Å². The van der Waals surface area contributed by atoms with Gasteiger partial charge in [0.1, 0.15) is 6.26 Å². The first-order valence-electron chi connectivity index (χ1n) is 7.96. The summed E-state index contributed by atoms with van der Waals surface area (Å²) in [6.45, 7) is 3.64. The van der Waals surface area contributed by atoms with Crippen LogP contribution < -0.4 is 5.32 Å². The zero-order valence-electron chi connectivity index (χ0n) is 14.3. The molecule has 2 aromatic rings. The number of carboxylic acids is 1. The molecule has 6 nitrogen and oxygen atoms in total. The van der Waals surface area contributed by atoms with E-state index in [1.54, 1.807) is 20.1 Å². The van der Waals surface area contributed by atoms with Gasteiger partial charge in [-0.3, -0.25) is 9.59 Å². The van der Waals surface area contributed by atoms with E-state index in [4.69, 9.17) is 9.52 Å². The summed E-state index contributed by atoms with van der Waals surface area (Å²) < 4.78 is 5.45. The van der Waals surface area contributed by atoms with Crippen LogP contribution in [0.3, 0.4) is 0 Å². The second kappa shape index (κ2) is 8.71. The van der Waals surface area contributed by atoms with Gasteiger partial charge in [0.05, 0.1) is 16.9 Å². The van der Waals surface area contributed by atoms with E-state index >= 15 is 0 Å². The minimum absolute atomic E-state index is 0.113. The number of thioether (sulfide) groups is 1. The van der Waals surface area contributed by atoms with Gasteiger partial charge in [0.15, 0.2) is 0 Å². The molecule has 0 spiro atoms. The largest absolute Gasteiger partial charge is 0.481 e. The lowest BCUT2D eigenvalue weighted by atomic mass is 9.90. The van der Waals surface area contributed by atoms with Gasteiger partial charge in [-0.05, 0) is 32.4 Å². The smallest absolute Gasteiger partial charge is 0.309 e. The first kappa shape index (κ1) is 19.1. The van der Waals surface area contributed by atoms with Gasteiger partial charge in [-0.2, -0.15) is 0 Å². The fourth-order valence-corrected chi connectivity index (χ4v) is 2.74. The number of carbonyl (C=O) groups excluding carboxylic acids is 1. The Morgan fingerprint density at radius 1 is 1.28 bits per heavy atom. The molecule has 2 N–H and O–H groups in total. The van der Waals surface area contributed by atoms with Gasteiger partial charge in [0, 0.05) is 17.9 Å². The summed E-state index contributed by atoms with van der Waals surface area (Å²) in [6, 6.07) is 9.62. The zero-order valence-corrected chi connectivity index (χ0v) is 15.1. The zero-order chi connectivity index (χ0) is 18.3. The normalized spacial score (nSPS) is 11.3. The highest BCUT2D eigenvalue weighted by Crippen LogP contribution is 2.21. The van der Waals surface area contributed by atoms with Gasteiger partial charge in [0.2, 0.25) is 11.8 Å². The molecule has 0 unspecified atom stereocenters. The first-order chi connectivity index (χ1) is 11.9. The number of aliphatic carboxylic acids is 1. The van der Waals surface area contributed by atoms with Crippen molar-refractivity contribution in [3.05, 3.63) is 42.3 Å². The Bertz CT molecular complexity index is 713. The fourth-order valence-electron chi connectivity index (χ4n) is 2.01. The van der Waals surface area contributed by atoms with E-state index in [2.05, 4.69) is 10.3 Å². The number of carbonyl (C=O) groups is 2. The summed E-state index contributed by atoms with van der Waals surface area (Å²) in [5.74, 6) is 0.455. The third-order valence-electron chi connectivity index (χ3n) is 3.71. The molecule has 2 rings (SSSR count). The van der Waals surface area contributed by atoms with Crippen molar-refractivity contribution in [3.63, 3.8) is 0 Å². The lowest BCUT2D eigenvalue weighted by molar-refractivity contribution is -0.147. The Labute approximate surface area is 151 Å². The Morgan fingerprint density at radius 2 is 2.00 bits per heavy atom. The number of carboxylic acid groups (broad SMARTS) is 1. The molecular formula is C18H22N2O4S. The van der Waals surface area contributed by atoms with Crippen molar-refractivity contribution >= 4 is 23.6 Å². The van der Waals surface area contributed by atoms with Crippen molar-refractivity contribution in [2.75, 3.05) is 12.3 Å². The van der Waals surface area contributed by atoms with Crippen molar-refractivity contribution in [2.45, 2.75) is 26.0 Å². The molecule has 0 fully saturated rings. The minimum Gasteiger partial charge on any atom is -0.481 e. The minimum atomic E-state index is -0.864. The van der Waals surface area contributed by atoms with E-state index in [0.29, 0.717) is 30.4 Å². The highest BCUT2D eigenvalue weighted by atomic mass is 32.2. The van der Waals surface area contributed by atoms with E-state index in [9.17, 15) is 9.59 Å². The van der Waals surface area contributed by atoms with E-state index in [0.717, 1.165) is 11.3 Å². The summed E-state index contributed by atoms with van der Waals surface area (Å²) >= 11 is 1.44. The third kappa shape index (κ3) is 5.94. The lowest BCUT2D eigenvalue weighted by Gasteiger charge is -2.18. The summed E-state index contributed by atoms with van der Waals surface area (Å²) in [7, 11) is 0. The predicted octanol–water partition coefficient (Wildman–Crippen LogP) is 3.19. The van der Waals surface area contributed by atoms with Gasteiger partial charge in [0.25, 0.3) is 0 Å². The van der Waals surface area contributed by atoms with Crippen molar-refractivity contribution in [2.24, 2.45) is 5.41 Å². The van der Waals surface area contributed by atoms with Crippen LogP contribution in [0.5, 0.6) is 0 Å². The number of nitrogens with one attached hydrogen (secondary N) is 1. The maximum atomic E-state index is 11.8. The molecule has 1 amide bonds. The van der Waals surface area contributed by atoms with Crippen LogP contribution in [0.2, 0.25) is 0 Å². The number of amides is 1.